The zero-order chi connectivity index (χ0) is 27.5. The van der Waals surface area contributed by atoms with E-state index in [4.69, 9.17) is 4.74 Å². The highest BCUT2D eigenvalue weighted by Crippen LogP contribution is 2.35. The van der Waals surface area contributed by atoms with Gasteiger partial charge in [-0.15, -0.1) is 0 Å². The van der Waals surface area contributed by atoms with Crippen LogP contribution < -0.4 is 5.32 Å². The van der Waals surface area contributed by atoms with E-state index < -0.39 is 17.3 Å². The molecule has 2 aliphatic rings. The van der Waals surface area contributed by atoms with Gasteiger partial charge in [0.15, 0.2) is 0 Å². The maximum absolute atomic E-state index is 12.8. The summed E-state index contributed by atoms with van der Waals surface area (Å²) in [7, 11) is 0. The molecule has 6 nitrogen and oxygen atoms in total. The van der Waals surface area contributed by atoms with Gasteiger partial charge in [-0.3, -0.25) is 14.6 Å². The number of amides is 2. The molecule has 204 valence electrons. The molecule has 2 aliphatic heterocycles. The lowest BCUT2D eigenvalue weighted by molar-refractivity contribution is -0.137. The molecule has 0 aliphatic carbocycles. The molecular formula is C30H30F3N3O3. The van der Waals surface area contributed by atoms with Gasteiger partial charge in [0.2, 0.25) is 0 Å². The van der Waals surface area contributed by atoms with E-state index in [1.165, 1.54) is 12.1 Å². The summed E-state index contributed by atoms with van der Waals surface area (Å²) < 4.78 is 44.3. The van der Waals surface area contributed by atoms with Crippen LogP contribution in [0.4, 0.5) is 18.0 Å². The SMILES string of the molecule is O=C(NCc1ccccc1)c1ccc(CN2CC3(CCN(Cc4ccc(C(F)(F)F)cc4)CC3)OC2=O)cc1. The molecule has 0 aromatic heterocycles. The zero-order valence-corrected chi connectivity index (χ0v) is 21.4. The van der Waals surface area contributed by atoms with Gasteiger partial charge in [0.05, 0.1) is 12.1 Å². The molecule has 0 saturated carbocycles. The minimum Gasteiger partial charge on any atom is -0.441 e. The standard InChI is InChI=1S/C30H30F3N3O3/c31-30(32,33)26-12-8-23(9-13-26)19-35-16-14-29(15-17-35)21-36(28(38)39-29)20-24-6-10-25(11-7-24)27(37)34-18-22-4-2-1-3-5-22/h1-13H,14-21H2,(H,34,37). The third kappa shape index (κ3) is 6.60. The molecule has 5 rings (SSSR count). The van der Waals surface area contributed by atoms with Gasteiger partial charge in [-0.1, -0.05) is 54.6 Å². The maximum atomic E-state index is 12.8. The molecule has 2 fully saturated rings. The summed E-state index contributed by atoms with van der Waals surface area (Å²) in [6, 6.07) is 22.2. The number of nitrogens with one attached hydrogen (secondary N) is 1. The minimum absolute atomic E-state index is 0.159. The normalized spacial score (nSPS) is 17.3. The Morgan fingerprint density at radius 1 is 0.846 bits per heavy atom. The Kier molecular flexibility index (Phi) is 7.61. The highest BCUT2D eigenvalue weighted by atomic mass is 19.4. The molecule has 0 bridgehead atoms. The number of halogens is 3. The van der Waals surface area contributed by atoms with Crippen LogP contribution in [0.25, 0.3) is 0 Å². The third-order valence-corrected chi connectivity index (χ3v) is 7.38. The highest BCUT2D eigenvalue weighted by Gasteiger charge is 2.46. The van der Waals surface area contributed by atoms with Crippen molar-refractivity contribution in [3.8, 4) is 0 Å². The highest BCUT2D eigenvalue weighted by molar-refractivity contribution is 5.94. The second-order valence-electron chi connectivity index (χ2n) is 10.2. The van der Waals surface area contributed by atoms with E-state index in [-0.39, 0.29) is 12.0 Å². The molecule has 0 radical (unpaired) electrons. The van der Waals surface area contributed by atoms with E-state index in [0.717, 1.165) is 28.8 Å². The fraction of sp³-hybridized carbons (Fsp3) is 0.333. The first kappa shape index (κ1) is 26.7. The lowest BCUT2D eigenvalue weighted by Crippen LogP contribution is -2.46. The number of piperidine rings is 1. The molecule has 39 heavy (non-hydrogen) atoms. The number of rotatable bonds is 7. The van der Waals surface area contributed by atoms with E-state index in [9.17, 15) is 22.8 Å². The monoisotopic (exact) mass is 537 g/mol. The van der Waals surface area contributed by atoms with Crippen molar-refractivity contribution in [2.24, 2.45) is 0 Å². The van der Waals surface area contributed by atoms with Crippen LogP contribution in [0.5, 0.6) is 0 Å². The van der Waals surface area contributed by atoms with Crippen molar-refractivity contribution in [2.45, 2.75) is 44.3 Å². The number of likely N-dealkylation sites (tertiary alicyclic amines) is 1. The summed E-state index contributed by atoms with van der Waals surface area (Å²) in [4.78, 5) is 29.0. The molecule has 0 atom stereocenters. The molecule has 2 amide bonds. The fourth-order valence-electron chi connectivity index (χ4n) is 5.11. The van der Waals surface area contributed by atoms with Gasteiger partial charge >= 0.3 is 12.3 Å². The van der Waals surface area contributed by atoms with Crippen molar-refractivity contribution in [3.05, 3.63) is 107 Å². The van der Waals surface area contributed by atoms with Gasteiger partial charge in [-0.25, -0.2) is 4.79 Å². The summed E-state index contributed by atoms with van der Waals surface area (Å²) in [6.07, 6.45) is -3.36. The first-order valence-electron chi connectivity index (χ1n) is 13.0. The number of carbonyl (C=O) groups excluding carboxylic acids is 2. The van der Waals surface area contributed by atoms with E-state index in [1.807, 2.05) is 42.5 Å². The first-order chi connectivity index (χ1) is 18.7. The molecule has 2 heterocycles. The number of carbonyl (C=O) groups is 2. The number of alkyl halides is 3. The predicted molar refractivity (Wildman–Crippen MR) is 140 cm³/mol. The van der Waals surface area contributed by atoms with Gasteiger partial charge < -0.3 is 10.1 Å². The second-order valence-corrected chi connectivity index (χ2v) is 10.2. The number of benzene rings is 3. The molecule has 3 aromatic rings. The Morgan fingerprint density at radius 3 is 2.10 bits per heavy atom. The Morgan fingerprint density at radius 2 is 1.46 bits per heavy atom. The molecule has 1 N–H and O–H groups in total. The molecular weight excluding hydrogens is 507 g/mol. The molecule has 2 saturated heterocycles. The average molecular weight is 538 g/mol. The second kappa shape index (κ2) is 11.1. The number of hydrogen-bond donors (Lipinski definition) is 1. The predicted octanol–water partition coefficient (Wildman–Crippen LogP) is 5.62. The third-order valence-electron chi connectivity index (χ3n) is 7.38. The summed E-state index contributed by atoms with van der Waals surface area (Å²) in [6.45, 7) is 3.26. The van der Waals surface area contributed by atoms with E-state index >= 15 is 0 Å². The van der Waals surface area contributed by atoms with Gasteiger partial charge in [-0.2, -0.15) is 13.2 Å². The summed E-state index contributed by atoms with van der Waals surface area (Å²) in [5.74, 6) is -0.159. The first-order valence-corrected chi connectivity index (χ1v) is 13.0. The molecule has 0 unspecified atom stereocenters. The summed E-state index contributed by atoms with van der Waals surface area (Å²) in [5.41, 5.74) is 2.10. The van der Waals surface area contributed by atoms with Crippen molar-refractivity contribution < 1.29 is 27.5 Å². The summed E-state index contributed by atoms with van der Waals surface area (Å²) >= 11 is 0. The summed E-state index contributed by atoms with van der Waals surface area (Å²) in [5, 5.41) is 2.91. The Balaban J connectivity index is 1.10. The van der Waals surface area contributed by atoms with Gasteiger partial charge in [0.25, 0.3) is 5.91 Å². The van der Waals surface area contributed by atoms with Crippen molar-refractivity contribution in [1.29, 1.82) is 0 Å². The van der Waals surface area contributed by atoms with Crippen LogP contribution in [0.15, 0.2) is 78.9 Å². The van der Waals surface area contributed by atoms with Crippen LogP contribution in [-0.4, -0.2) is 47.0 Å². The smallest absolute Gasteiger partial charge is 0.416 e. The number of nitrogens with zero attached hydrogens (tertiary/aromatic N) is 2. The Labute approximate surface area is 225 Å². The van der Waals surface area contributed by atoms with Crippen molar-refractivity contribution in [2.75, 3.05) is 19.6 Å². The lowest BCUT2D eigenvalue weighted by Gasteiger charge is -2.37. The Hall–Kier alpha value is -3.85. The zero-order valence-electron chi connectivity index (χ0n) is 21.4. The van der Waals surface area contributed by atoms with Gasteiger partial charge in [-0.05, 0) is 41.0 Å². The lowest BCUT2D eigenvalue weighted by atomic mass is 9.91. The topological polar surface area (TPSA) is 61.9 Å². The number of hydrogen-bond acceptors (Lipinski definition) is 4. The van der Waals surface area contributed by atoms with Crippen molar-refractivity contribution in [3.63, 3.8) is 0 Å². The largest absolute Gasteiger partial charge is 0.441 e. The van der Waals surface area contributed by atoms with Crippen LogP contribution in [0.2, 0.25) is 0 Å². The van der Waals surface area contributed by atoms with E-state index in [2.05, 4.69) is 10.2 Å². The quantitative estimate of drug-likeness (QED) is 0.425. The van der Waals surface area contributed by atoms with Crippen molar-refractivity contribution in [1.82, 2.24) is 15.1 Å². The van der Waals surface area contributed by atoms with Crippen molar-refractivity contribution >= 4 is 12.0 Å². The molecule has 3 aromatic carbocycles. The Bertz CT molecular complexity index is 1290. The van der Waals surface area contributed by atoms with Gasteiger partial charge in [0.1, 0.15) is 5.60 Å². The van der Waals surface area contributed by atoms with Crippen LogP contribution in [-0.2, 0) is 30.5 Å². The van der Waals surface area contributed by atoms with Crippen LogP contribution in [0, 0.1) is 0 Å². The van der Waals surface area contributed by atoms with Crippen LogP contribution >= 0.6 is 0 Å². The van der Waals surface area contributed by atoms with Crippen LogP contribution in [0.3, 0.4) is 0 Å². The fourth-order valence-corrected chi connectivity index (χ4v) is 5.11. The number of ether oxygens (including phenoxy) is 1. The minimum atomic E-state index is -4.34. The van der Waals surface area contributed by atoms with Gasteiger partial charge in [0, 0.05) is 51.1 Å². The maximum Gasteiger partial charge on any atom is 0.416 e. The molecule has 1 spiro atoms. The average Bonchev–Trinajstić information content (AvgIpc) is 3.23. The van der Waals surface area contributed by atoms with E-state index in [1.54, 1.807) is 17.0 Å². The van der Waals surface area contributed by atoms with E-state index in [0.29, 0.717) is 57.7 Å². The van der Waals surface area contributed by atoms with Crippen LogP contribution in [0.1, 0.15) is 45.5 Å². The molecule has 9 heteroatoms.